The highest BCUT2D eigenvalue weighted by Crippen LogP contribution is 2.27. The molecule has 17 heavy (non-hydrogen) atoms. The zero-order valence-corrected chi connectivity index (χ0v) is 11.0. The van der Waals surface area contributed by atoms with Crippen molar-refractivity contribution in [2.24, 2.45) is 5.92 Å². The van der Waals surface area contributed by atoms with E-state index >= 15 is 0 Å². The Kier molecular flexibility index (Phi) is 4.84. The molecule has 1 saturated heterocycles. The van der Waals surface area contributed by atoms with Crippen LogP contribution in [-0.4, -0.2) is 24.5 Å². The molecule has 3 atom stereocenters. The molecule has 2 rings (SSSR count). The van der Waals surface area contributed by atoms with Crippen molar-refractivity contribution in [3.63, 3.8) is 0 Å². The third-order valence-electron chi connectivity index (χ3n) is 4.38. The van der Waals surface area contributed by atoms with Crippen LogP contribution in [0, 0.1) is 5.92 Å². The summed E-state index contributed by atoms with van der Waals surface area (Å²) in [6.07, 6.45) is 9.83. The maximum absolute atomic E-state index is 11.9. The molecule has 3 nitrogen and oxygen atoms in total. The monoisotopic (exact) mass is 238 g/mol. The summed E-state index contributed by atoms with van der Waals surface area (Å²) in [5, 5.41) is 6.65. The number of hydrogen-bond donors (Lipinski definition) is 2. The van der Waals surface area contributed by atoms with Gasteiger partial charge in [-0.1, -0.05) is 26.2 Å². The molecule has 0 aromatic rings. The van der Waals surface area contributed by atoms with Crippen molar-refractivity contribution in [3.8, 4) is 0 Å². The van der Waals surface area contributed by atoms with Gasteiger partial charge in [0.1, 0.15) is 0 Å². The minimum atomic E-state index is 0.0645. The van der Waals surface area contributed by atoms with Crippen LogP contribution in [-0.2, 0) is 4.79 Å². The van der Waals surface area contributed by atoms with Crippen molar-refractivity contribution in [2.45, 2.75) is 70.4 Å². The number of nitrogens with one attached hydrogen (secondary N) is 2. The van der Waals surface area contributed by atoms with Crippen LogP contribution in [0.3, 0.4) is 0 Å². The molecule has 2 aliphatic rings. The smallest absolute Gasteiger partial charge is 0.237 e. The minimum Gasteiger partial charge on any atom is -0.355 e. The Hall–Kier alpha value is -0.570. The summed E-state index contributed by atoms with van der Waals surface area (Å²) in [6, 6.07) is 0.636. The first-order valence-corrected chi connectivity index (χ1v) is 7.35. The molecule has 0 spiro atoms. The van der Waals surface area contributed by atoms with Gasteiger partial charge < -0.3 is 10.6 Å². The van der Waals surface area contributed by atoms with Crippen molar-refractivity contribution < 1.29 is 4.79 Å². The van der Waals surface area contributed by atoms with Crippen molar-refractivity contribution in [2.75, 3.05) is 6.54 Å². The summed E-state index contributed by atoms with van der Waals surface area (Å²) >= 11 is 0. The summed E-state index contributed by atoms with van der Waals surface area (Å²) in [4.78, 5) is 11.9. The maximum Gasteiger partial charge on any atom is 0.237 e. The summed E-state index contributed by atoms with van der Waals surface area (Å²) < 4.78 is 0. The lowest BCUT2D eigenvalue weighted by Crippen LogP contribution is -2.50. The fraction of sp³-hybridized carbons (Fsp3) is 0.929. The van der Waals surface area contributed by atoms with Crippen LogP contribution in [0.25, 0.3) is 0 Å². The molecule has 2 fully saturated rings. The highest BCUT2D eigenvalue weighted by molar-refractivity contribution is 5.81. The molecule has 1 amide bonds. The van der Waals surface area contributed by atoms with Crippen LogP contribution >= 0.6 is 0 Å². The molecule has 1 aliphatic heterocycles. The lowest BCUT2D eigenvalue weighted by atomic mass is 9.82. The second kappa shape index (κ2) is 6.39. The Labute approximate surface area is 105 Å². The molecule has 1 saturated carbocycles. The van der Waals surface area contributed by atoms with Crippen molar-refractivity contribution in [1.82, 2.24) is 10.6 Å². The molecule has 3 unspecified atom stereocenters. The second-order valence-corrected chi connectivity index (χ2v) is 5.57. The van der Waals surface area contributed by atoms with E-state index in [9.17, 15) is 4.79 Å². The molecule has 2 N–H and O–H groups in total. The van der Waals surface area contributed by atoms with Crippen LogP contribution in [0.15, 0.2) is 0 Å². The Bertz CT molecular complexity index is 255. The van der Waals surface area contributed by atoms with Crippen LogP contribution in [0.2, 0.25) is 0 Å². The number of carbonyl (C=O) groups is 1. The van der Waals surface area contributed by atoms with E-state index < -0.39 is 0 Å². The van der Waals surface area contributed by atoms with Crippen LogP contribution < -0.4 is 10.6 Å². The number of hydrogen-bond acceptors (Lipinski definition) is 2. The van der Waals surface area contributed by atoms with Gasteiger partial charge in [-0.15, -0.1) is 0 Å². The Morgan fingerprint density at radius 1 is 1.18 bits per heavy atom. The first-order chi connectivity index (χ1) is 8.31. The predicted molar refractivity (Wildman–Crippen MR) is 69.8 cm³/mol. The Morgan fingerprint density at radius 2 is 1.94 bits per heavy atom. The lowest BCUT2D eigenvalue weighted by Gasteiger charge is -2.34. The molecule has 1 aliphatic carbocycles. The van der Waals surface area contributed by atoms with E-state index in [0.29, 0.717) is 6.04 Å². The molecular formula is C14H26N2O. The van der Waals surface area contributed by atoms with Gasteiger partial charge in [-0.2, -0.15) is 0 Å². The molecule has 3 heteroatoms. The summed E-state index contributed by atoms with van der Waals surface area (Å²) in [5.74, 6) is 1.00. The van der Waals surface area contributed by atoms with Crippen LogP contribution in [0.4, 0.5) is 0 Å². The predicted octanol–water partition coefficient (Wildman–Crippen LogP) is 2.21. The molecule has 0 aromatic carbocycles. The lowest BCUT2D eigenvalue weighted by molar-refractivity contribution is -0.123. The highest BCUT2D eigenvalue weighted by Gasteiger charge is 2.28. The Morgan fingerprint density at radius 3 is 2.76 bits per heavy atom. The van der Waals surface area contributed by atoms with Crippen LogP contribution in [0.1, 0.15) is 58.3 Å². The van der Waals surface area contributed by atoms with E-state index in [1.54, 1.807) is 0 Å². The fourth-order valence-corrected chi connectivity index (χ4v) is 3.27. The zero-order valence-electron chi connectivity index (χ0n) is 11.0. The molecule has 0 radical (unpaired) electrons. The maximum atomic E-state index is 11.9. The van der Waals surface area contributed by atoms with Crippen molar-refractivity contribution in [3.05, 3.63) is 0 Å². The van der Waals surface area contributed by atoms with E-state index in [-0.39, 0.29) is 11.9 Å². The van der Waals surface area contributed by atoms with Gasteiger partial charge >= 0.3 is 0 Å². The van der Waals surface area contributed by atoms with Gasteiger partial charge in [0.05, 0.1) is 6.04 Å². The number of rotatable bonds is 3. The van der Waals surface area contributed by atoms with Gasteiger partial charge in [0.2, 0.25) is 5.91 Å². The van der Waals surface area contributed by atoms with E-state index in [1.165, 1.54) is 38.5 Å². The minimum absolute atomic E-state index is 0.0645. The Balaban J connectivity index is 1.90. The van der Waals surface area contributed by atoms with Gasteiger partial charge in [-0.25, -0.2) is 0 Å². The number of amides is 1. The summed E-state index contributed by atoms with van der Waals surface area (Å²) in [6.45, 7) is 3.14. The van der Waals surface area contributed by atoms with Crippen molar-refractivity contribution >= 4 is 5.91 Å². The third-order valence-corrected chi connectivity index (χ3v) is 4.38. The van der Waals surface area contributed by atoms with Gasteiger partial charge in [0.25, 0.3) is 0 Å². The van der Waals surface area contributed by atoms with E-state index in [0.717, 1.165) is 25.3 Å². The fourth-order valence-electron chi connectivity index (χ4n) is 3.27. The summed E-state index contributed by atoms with van der Waals surface area (Å²) in [7, 11) is 0. The average Bonchev–Trinajstić information content (AvgIpc) is 2.56. The standard InChI is InChI=1S/C14H26N2O/c1-2-11-7-3-4-8-12(11)16-13-9-5-6-10-15-14(13)17/h11-13,16H,2-10H2,1H3,(H,15,17). The second-order valence-electron chi connectivity index (χ2n) is 5.57. The normalized spacial score (nSPS) is 35.1. The highest BCUT2D eigenvalue weighted by atomic mass is 16.2. The van der Waals surface area contributed by atoms with E-state index in [4.69, 9.17) is 0 Å². The van der Waals surface area contributed by atoms with Crippen molar-refractivity contribution in [1.29, 1.82) is 0 Å². The van der Waals surface area contributed by atoms with Gasteiger partial charge in [-0.05, 0) is 38.0 Å². The SMILES string of the molecule is CCC1CCCCC1NC1CCCCNC1=O. The average molecular weight is 238 g/mol. The van der Waals surface area contributed by atoms with Gasteiger partial charge in [0.15, 0.2) is 0 Å². The molecule has 0 bridgehead atoms. The molecule has 98 valence electrons. The van der Waals surface area contributed by atoms with E-state index in [1.807, 2.05) is 0 Å². The van der Waals surface area contributed by atoms with Gasteiger partial charge in [0, 0.05) is 12.6 Å². The third kappa shape index (κ3) is 3.44. The largest absolute Gasteiger partial charge is 0.355 e. The zero-order chi connectivity index (χ0) is 12.1. The quantitative estimate of drug-likeness (QED) is 0.791. The van der Waals surface area contributed by atoms with Crippen LogP contribution in [0.5, 0.6) is 0 Å². The first kappa shape index (κ1) is 12.9. The summed E-state index contributed by atoms with van der Waals surface area (Å²) in [5.41, 5.74) is 0. The first-order valence-electron chi connectivity index (χ1n) is 7.35. The molecule has 0 aromatic heterocycles. The topological polar surface area (TPSA) is 41.1 Å². The van der Waals surface area contributed by atoms with E-state index in [2.05, 4.69) is 17.6 Å². The molecular weight excluding hydrogens is 212 g/mol. The molecule has 1 heterocycles. The number of carbonyl (C=O) groups excluding carboxylic acids is 1. The van der Waals surface area contributed by atoms with Gasteiger partial charge in [-0.3, -0.25) is 4.79 Å².